The van der Waals surface area contributed by atoms with Gasteiger partial charge in [-0.3, -0.25) is 9.36 Å². The van der Waals surface area contributed by atoms with Crippen LogP contribution in [0.25, 0.3) is 6.08 Å². The second-order valence-corrected chi connectivity index (χ2v) is 10.4. The molecule has 0 amide bonds. The summed E-state index contributed by atoms with van der Waals surface area (Å²) in [6.07, 6.45) is 3.52. The smallest absolute Gasteiger partial charge is 0.338 e. The molecule has 4 rings (SSSR count). The highest BCUT2D eigenvalue weighted by Gasteiger charge is 2.33. The number of hydrogen-bond donors (Lipinski definition) is 0. The highest BCUT2D eigenvalue weighted by atomic mass is 79.9. The fraction of sp³-hybridized carbons (Fsp3) is 0.250. The Labute approximate surface area is 227 Å². The molecule has 0 fully saturated rings. The molecule has 1 aromatic heterocycles. The maximum atomic E-state index is 13.8. The monoisotopic (exact) mass is 581 g/mol. The number of nitrogens with zero attached hydrogens (tertiary/aromatic N) is 3. The Balaban J connectivity index is 1.86. The van der Waals surface area contributed by atoms with Crippen molar-refractivity contribution < 1.29 is 14.3 Å². The lowest BCUT2D eigenvalue weighted by Crippen LogP contribution is -2.39. The van der Waals surface area contributed by atoms with E-state index >= 15 is 0 Å². The van der Waals surface area contributed by atoms with Crippen molar-refractivity contribution in [1.82, 2.24) is 4.57 Å². The molecule has 0 saturated heterocycles. The molecule has 192 valence electrons. The van der Waals surface area contributed by atoms with Crippen LogP contribution in [-0.4, -0.2) is 37.8 Å². The van der Waals surface area contributed by atoms with Gasteiger partial charge < -0.3 is 14.4 Å². The number of thiazole rings is 1. The number of allylic oxidation sites excluding steroid dienone is 1. The Hall–Kier alpha value is -3.43. The maximum absolute atomic E-state index is 13.8. The van der Waals surface area contributed by atoms with Gasteiger partial charge in [-0.25, -0.2) is 9.79 Å². The van der Waals surface area contributed by atoms with Gasteiger partial charge in [0.25, 0.3) is 5.56 Å². The lowest BCUT2D eigenvalue weighted by atomic mass is 9.96. The van der Waals surface area contributed by atoms with Crippen LogP contribution in [-0.2, 0) is 9.53 Å². The summed E-state index contributed by atoms with van der Waals surface area (Å²) in [6, 6.07) is 12.6. The van der Waals surface area contributed by atoms with E-state index in [9.17, 15) is 9.59 Å². The van der Waals surface area contributed by atoms with Gasteiger partial charge in [0, 0.05) is 18.6 Å². The minimum atomic E-state index is -0.672. The van der Waals surface area contributed by atoms with E-state index in [0.29, 0.717) is 33.0 Å². The molecule has 1 aliphatic rings. The molecule has 0 bridgehead atoms. The zero-order chi connectivity index (χ0) is 26.7. The number of ether oxygens (including phenoxy) is 2. The Morgan fingerprint density at radius 1 is 1.24 bits per heavy atom. The Bertz CT molecular complexity index is 1550. The number of fused-ring (bicyclic) bond motifs is 1. The molecule has 7 nitrogen and oxygen atoms in total. The van der Waals surface area contributed by atoms with Crippen LogP contribution in [0.4, 0.5) is 5.69 Å². The zero-order valence-corrected chi connectivity index (χ0v) is 23.6. The highest BCUT2D eigenvalue weighted by Crippen LogP contribution is 2.32. The predicted octanol–water partition coefficient (Wildman–Crippen LogP) is 4.19. The fourth-order valence-electron chi connectivity index (χ4n) is 4.14. The number of benzene rings is 2. The largest absolute Gasteiger partial charge is 0.490 e. The van der Waals surface area contributed by atoms with Gasteiger partial charge >= 0.3 is 5.97 Å². The van der Waals surface area contributed by atoms with Crippen molar-refractivity contribution in [3.05, 3.63) is 102 Å². The van der Waals surface area contributed by atoms with E-state index in [1.165, 1.54) is 11.3 Å². The number of rotatable bonds is 8. The number of carbonyl (C=O) groups is 1. The number of carbonyl (C=O) groups excluding carboxylic acids is 1. The van der Waals surface area contributed by atoms with Crippen molar-refractivity contribution >= 4 is 45.0 Å². The molecule has 37 heavy (non-hydrogen) atoms. The normalized spacial score (nSPS) is 15.2. The SMILES string of the molecule is C=CCOc1ccc([C@H]2C(C(=O)OCC)=C(C)N=c3s/c(=C\c4ccc(N(C)C)c(Br)c4)c(=O)n32)cc1. The van der Waals surface area contributed by atoms with Crippen LogP contribution < -0.4 is 24.5 Å². The van der Waals surface area contributed by atoms with Crippen molar-refractivity contribution in [3.8, 4) is 5.75 Å². The lowest BCUT2D eigenvalue weighted by Gasteiger charge is -2.24. The highest BCUT2D eigenvalue weighted by molar-refractivity contribution is 9.10. The first kappa shape index (κ1) is 26.6. The van der Waals surface area contributed by atoms with E-state index < -0.39 is 12.0 Å². The second kappa shape index (κ2) is 11.3. The average Bonchev–Trinajstić information content (AvgIpc) is 3.16. The summed E-state index contributed by atoms with van der Waals surface area (Å²) < 4.78 is 14.0. The third-order valence-electron chi connectivity index (χ3n) is 5.83. The molecule has 0 spiro atoms. The molecule has 0 radical (unpaired) electrons. The van der Waals surface area contributed by atoms with Crippen molar-refractivity contribution in [2.24, 2.45) is 4.99 Å². The van der Waals surface area contributed by atoms with E-state index in [-0.39, 0.29) is 12.2 Å². The van der Waals surface area contributed by atoms with Crippen molar-refractivity contribution in [2.45, 2.75) is 19.9 Å². The van der Waals surface area contributed by atoms with Crippen LogP contribution >= 0.6 is 27.3 Å². The molecular weight excluding hydrogens is 554 g/mol. The third kappa shape index (κ3) is 5.47. The summed E-state index contributed by atoms with van der Waals surface area (Å²) in [5.41, 5.74) is 3.33. The molecule has 9 heteroatoms. The molecule has 2 aromatic carbocycles. The van der Waals surface area contributed by atoms with E-state index in [1.54, 1.807) is 24.5 Å². The van der Waals surface area contributed by atoms with E-state index in [4.69, 9.17) is 9.47 Å². The quantitative estimate of drug-likeness (QED) is 0.294. The first-order valence-corrected chi connectivity index (χ1v) is 13.4. The Morgan fingerprint density at radius 3 is 2.59 bits per heavy atom. The number of halogens is 1. The molecule has 0 N–H and O–H groups in total. The summed E-state index contributed by atoms with van der Waals surface area (Å²) >= 11 is 4.91. The van der Waals surface area contributed by atoms with Gasteiger partial charge in [0.2, 0.25) is 0 Å². The first-order chi connectivity index (χ1) is 17.7. The van der Waals surface area contributed by atoms with Crippen LogP contribution in [0.1, 0.15) is 31.0 Å². The van der Waals surface area contributed by atoms with Crippen LogP contribution in [0.5, 0.6) is 5.75 Å². The Kier molecular flexibility index (Phi) is 8.14. The number of aromatic nitrogens is 1. The van der Waals surface area contributed by atoms with Crippen LogP contribution in [0.3, 0.4) is 0 Å². The minimum absolute atomic E-state index is 0.220. The van der Waals surface area contributed by atoms with Gasteiger partial charge in [-0.2, -0.15) is 0 Å². The summed E-state index contributed by atoms with van der Waals surface area (Å²) in [5, 5.41) is 0. The topological polar surface area (TPSA) is 73.1 Å². The second-order valence-electron chi connectivity index (χ2n) is 8.58. The third-order valence-corrected chi connectivity index (χ3v) is 7.45. The van der Waals surface area contributed by atoms with E-state index in [1.807, 2.05) is 67.5 Å². The van der Waals surface area contributed by atoms with Crippen molar-refractivity contribution in [1.29, 1.82) is 0 Å². The maximum Gasteiger partial charge on any atom is 0.338 e. The molecule has 2 heterocycles. The summed E-state index contributed by atoms with van der Waals surface area (Å²) in [7, 11) is 3.94. The van der Waals surface area contributed by atoms with E-state index in [2.05, 4.69) is 27.5 Å². The van der Waals surface area contributed by atoms with Crippen molar-refractivity contribution in [2.75, 3.05) is 32.2 Å². The Morgan fingerprint density at radius 2 is 1.97 bits per heavy atom. The summed E-state index contributed by atoms with van der Waals surface area (Å²) in [6.45, 7) is 7.80. The summed E-state index contributed by atoms with van der Waals surface area (Å²) in [4.78, 5) is 34.0. The standard InChI is InChI=1S/C28H28BrN3O4S/c1-6-14-36-20-11-9-19(10-12-20)25-24(27(34)35-7-2)17(3)30-28-32(25)26(33)23(37-28)16-18-8-13-22(31(4)5)21(29)15-18/h6,8-13,15-16,25H,1,7,14H2,2-5H3/b23-16-/t25-/m0/s1. The van der Waals surface area contributed by atoms with E-state index in [0.717, 1.165) is 21.3 Å². The molecular formula is C28H28BrN3O4S. The van der Waals surface area contributed by atoms with Crippen LogP contribution in [0.2, 0.25) is 0 Å². The number of esters is 1. The number of anilines is 1. The molecule has 0 aliphatic carbocycles. The summed E-state index contributed by atoms with van der Waals surface area (Å²) in [5.74, 6) is 0.180. The van der Waals surface area contributed by atoms with Gasteiger partial charge in [-0.1, -0.05) is 42.2 Å². The fourth-order valence-corrected chi connectivity index (χ4v) is 5.93. The van der Waals surface area contributed by atoms with Gasteiger partial charge in [0.05, 0.1) is 34.1 Å². The minimum Gasteiger partial charge on any atom is -0.490 e. The molecule has 0 saturated carbocycles. The van der Waals surface area contributed by atoms with Gasteiger partial charge in [-0.15, -0.1) is 0 Å². The van der Waals surface area contributed by atoms with Crippen LogP contribution in [0, 0.1) is 0 Å². The lowest BCUT2D eigenvalue weighted by molar-refractivity contribution is -0.139. The number of hydrogen-bond acceptors (Lipinski definition) is 7. The molecule has 0 unspecified atom stereocenters. The van der Waals surface area contributed by atoms with Gasteiger partial charge in [0.1, 0.15) is 12.4 Å². The molecule has 3 aromatic rings. The molecule has 1 aliphatic heterocycles. The van der Waals surface area contributed by atoms with Crippen molar-refractivity contribution in [3.63, 3.8) is 0 Å². The average molecular weight is 583 g/mol. The predicted molar refractivity (Wildman–Crippen MR) is 151 cm³/mol. The van der Waals surface area contributed by atoms with Gasteiger partial charge in [-0.05, 0) is 71.2 Å². The zero-order valence-electron chi connectivity index (χ0n) is 21.2. The van der Waals surface area contributed by atoms with Crippen LogP contribution in [0.15, 0.2) is 80.6 Å². The first-order valence-electron chi connectivity index (χ1n) is 11.7. The molecule has 1 atom stereocenters. The van der Waals surface area contributed by atoms with Gasteiger partial charge in [0.15, 0.2) is 4.80 Å².